The second-order valence-electron chi connectivity index (χ2n) is 8.83. The Morgan fingerprint density at radius 2 is 1.93 bits per heavy atom. The Balaban J connectivity index is 1.51. The molecular weight excluding hydrogens is 362 g/mol. The second kappa shape index (κ2) is 9.29. The molecule has 0 aliphatic carbocycles. The highest BCUT2D eigenvalue weighted by molar-refractivity contribution is 5.80. The van der Waals surface area contributed by atoms with Crippen LogP contribution in [0.2, 0.25) is 0 Å². The second-order valence-corrected chi connectivity index (χ2v) is 8.83. The Morgan fingerprint density at radius 3 is 2.59 bits per heavy atom. The first kappa shape index (κ1) is 21.2. The van der Waals surface area contributed by atoms with E-state index in [-0.39, 0.29) is 11.3 Å². The third-order valence-corrected chi connectivity index (χ3v) is 5.34. The lowest BCUT2D eigenvalue weighted by Crippen LogP contribution is -2.36. The van der Waals surface area contributed by atoms with Crippen molar-refractivity contribution in [2.75, 3.05) is 18.0 Å². The number of benzene rings is 1. The van der Waals surface area contributed by atoms with E-state index in [9.17, 15) is 4.79 Å². The van der Waals surface area contributed by atoms with Gasteiger partial charge in [0.25, 0.3) is 5.91 Å². The molecule has 1 saturated heterocycles. The van der Waals surface area contributed by atoms with Crippen LogP contribution < -0.4 is 15.0 Å². The summed E-state index contributed by atoms with van der Waals surface area (Å²) < 4.78 is 5.86. The molecule has 5 heteroatoms. The molecule has 0 saturated carbocycles. The van der Waals surface area contributed by atoms with Gasteiger partial charge in [0.05, 0.1) is 0 Å². The van der Waals surface area contributed by atoms with Crippen molar-refractivity contribution >= 4 is 11.7 Å². The first-order valence-electron chi connectivity index (χ1n) is 10.6. The maximum Gasteiger partial charge on any atom is 0.261 e. The number of pyridine rings is 1. The number of piperidine rings is 1. The first-order valence-corrected chi connectivity index (χ1v) is 10.6. The van der Waals surface area contributed by atoms with E-state index < -0.39 is 6.10 Å². The van der Waals surface area contributed by atoms with Gasteiger partial charge in [-0.2, -0.15) is 0 Å². The zero-order chi connectivity index (χ0) is 20.9. The third kappa shape index (κ3) is 5.96. The number of nitrogens with one attached hydrogen (secondary N) is 1. The number of hydrogen-bond donors (Lipinski definition) is 1. The number of carbonyl (C=O) groups is 1. The highest BCUT2D eigenvalue weighted by Crippen LogP contribution is 2.26. The molecule has 1 N–H and O–H groups in total. The molecule has 5 nitrogen and oxygen atoms in total. The van der Waals surface area contributed by atoms with Crippen molar-refractivity contribution in [2.24, 2.45) is 0 Å². The van der Waals surface area contributed by atoms with Gasteiger partial charge in [-0.3, -0.25) is 4.79 Å². The number of ether oxygens (including phenoxy) is 1. The average Bonchev–Trinajstić information content (AvgIpc) is 2.72. The molecule has 1 fully saturated rings. The molecule has 0 radical (unpaired) electrons. The van der Waals surface area contributed by atoms with Crippen molar-refractivity contribution in [1.82, 2.24) is 10.3 Å². The zero-order valence-corrected chi connectivity index (χ0v) is 18.1. The number of aromatic nitrogens is 1. The fourth-order valence-electron chi connectivity index (χ4n) is 3.46. The first-order chi connectivity index (χ1) is 13.8. The monoisotopic (exact) mass is 395 g/mol. The van der Waals surface area contributed by atoms with Crippen LogP contribution in [0.5, 0.6) is 5.75 Å². The smallest absolute Gasteiger partial charge is 0.261 e. The zero-order valence-electron chi connectivity index (χ0n) is 18.1. The summed E-state index contributed by atoms with van der Waals surface area (Å²) in [5, 5.41) is 2.95. The number of anilines is 1. The number of nitrogens with zero attached hydrogens (tertiary/aromatic N) is 2. The van der Waals surface area contributed by atoms with Crippen LogP contribution in [0.3, 0.4) is 0 Å². The Bertz CT molecular complexity index is 806. The third-order valence-electron chi connectivity index (χ3n) is 5.34. The largest absolute Gasteiger partial charge is 0.481 e. The number of rotatable bonds is 6. The summed E-state index contributed by atoms with van der Waals surface area (Å²) in [7, 11) is 0. The lowest BCUT2D eigenvalue weighted by Gasteiger charge is -2.27. The van der Waals surface area contributed by atoms with Crippen molar-refractivity contribution in [1.29, 1.82) is 0 Å². The Morgan fingerprint density at radius 1 is 1.17 bits per heavy atom. The minimum Gasteiger partial charge on any atom is -0.481 e. The van der Waals surface area contributed by atoms with Gasteiger partial charge in [0.15, 0.2) is 6.10 Å². The summed E-state index contributed by atoms with van der Waals surface area (Å²) in [6, 6.07) is 12.0. The highest BCUT2D eigenvalue weighted by Gasteiger charge is 2.18. The van der Waals surface area contributed by atoms with Crippen molar-refractivity contribution in [3.05, 3.63) is 53.7 Å². The quantitative estimate of drug-likeness (QED) is 0.785. The predicted molar refractivity (Wildman–Crippen MR) is 117 cm³/mol. The summed E-state index contributed by atoms with van der Waals surface area (Å²) in [6.07, 6.45) is 5.06. The van der Waals surface area contributed by atoms with E-state index >= 15 is 0 Å². The molecular formula is C24H33N3O2. The van der Waals surface area contributed by atoms with E-state index in [0.717, 1.165) is 24.5 Å². The average molecular weight is 396 g/mol. The van der Waals surface area contributed by atoms with Gasteiger partial charge in [0.2, 0.25) is 0 Å². The topological polar surface area (TPSA) is 54.5 Å². The van der Waals surface area contributed by atoms with Crippen molar-refractivity contribution < 1.29 is 9.53 Å². The van der Waals surface area contributed by atoms with E-state index in [1.54, 1.807) is 6.92 Å². The molecule has 2 aromatic rings. The molecule has 0 bridgehead atoms. The van der Waals surface area contributed by atoms with Crippen LogP contribution in [0.1, 0.15) is 58.1 Å². The van der Waals surface area contributed by atoms with Gasteiger partial charge < -0.3 is 15.0 Å². The van der Waals surface area contributed by atoms with E-state index in [0.29, 0.717) is 12.3 Å². The molecule has 156 valence electrons. The molecule has 1 aliphatic rings. The van der Waals surface area contributed by atoms with Crippen LogP contribution in [0, 0.1) is 0 Å². The summed E-state index contributed by atoms with van der Waals surface area (Å²) >= 11 is 0. The molecule has 1 aromatic carbocycles. The van der Waals surface area contributed by atoms with Crippen LogP contribution in [0.4, 0.5) is 5.82 Å². The van der Waals surface area contributed by atoms with Gasteiger partial charge in [-0.1, -0.05) is 39.0 Å². The SMILES string of the molecule is CC(Oc1cccc(C(C)(C)C)c1)C(=O)NCc1ccc(N2CCCCC2)nc1. The highest BCUT2D eigenvalue weighted by atomic mass is 16.5. The Labute approximate surface area is 174 Å². The molecule has 1 atom stereocenters. The van der Waals surface area contributed by atoms with Crippen LogP contribution >= 0.6 is 0 Å². The number of carbonyl (C=O) groups excluding carboxylic acids is 1. The fraction of sp³-hybridized carbons (Fsp3) is 0.500. The Hall–Kier alpha value is -2.56. The van der Waals surface area contributed by atoms with Crippen molar-refractivity contribution in [3.63, 3.8) is 0 Å². The summed E-state index contributed by atoms with van der Waals surface area (Å²) in [6.45, 7) is 10.9. The summed E-state index contributed by atoms with van der Waals surface area (Å²) in [5.41, 5.74) is 2.21. The van der Waals surface area contributed by atoms with Gasteiger partial charge in [-0.15, -0.1) is 0 Å². The minimum absolute atomic E-state index is 0.0399. The van der Waals surface area contributed by atoms with E-state index in [1.807, 2.05) is 36.5 Å². The van der Waals surface area contributed by atoms with Gasteiger partial charge in [0.1, 0.15) is 11.6 Å². The molecule has 0 spiro atoms. The summed E-state index contributed by atoms with van der Waals surface area (Å²) in [5.74, 6) is 1.61. The summed E-state index contributed by atoms with van der Waals surface area (Å²) in [4.78, 5) is 19.3. The molecule has 2 heterocycles. The van der Waals surface area contributed by atoms with E-state index in [1.165, 1.54) is 24.8 Å². The molecule has 1 aliphatic heterocycles. The minimum atomic E-state index is -0.564. The molecule has 1 aromatic heterocycles. The number of hydrogen-bond acceptors (Lipinski definition) is 4. The van der Waals surface area contributed by atoms with E-state index in [4.69, 9.17) is 4.74 Å². The lowest BCUT2D eigenvalue weighted by atomic mass is 9.87. The van der Waals surface area contributed by atoms with Crippen molar-refractivity contribution in [2.45, 2.75) is 65.0 Å². The van der Waals surface area contributed by atoms with Crippen LogP contribution in [0.15, 0.2) is 42.6 Å². The van der Waals surface area contributed by atoms with Crippen LogP contribution in [-0.4, -0.2) is 30.1 Å². The van der Waals surface area contributed by atoms with Gasteiger partial charge in [-0.25, -0.2) is 4.98 Å². The molecule has 1 amide bonds. The van der Waals surface area contributed by atoms with E-state index in [2.05, 4.69) is 42.0 Å². The van der Waals surface area contributed by atoms with Gasteiger partial charge in [0, 0.05) is 25.8 Å². The normalized spacial score (nSPS) is 15.7. The van der Waals surface area contributed by atoms with Gasteiger partial charge in [-0.05, 0) is 60.9 Å². The lowest BCUT2D eigenvalue weighted by molar-refractivity contribution is -0.127. The maximum absolute atomic E-state index is 12.5. The van der Waals surface area contributed by atoms with Crippen LogP contribution in [-0.2, 0) is 16.8 Å². The number of amides is 1. The fourth-order valence-corrected chi connectivity index (χ4v) is 3.46. The Kier molecular flexibility index (Phi) is 6.78. The van der Waals surface area contributed by atoms with Crippen LogP contribution in [0.25, 0.3) is 0 Å². The van der Waals surface area contributed by atoms with Crippen molar-refractivity contribution in [3.8, 4) is 5.75 Å². The molecule has 3 rings (SSSR count). The molecule has 29 heavy (non-hydrogen) atoms. The predicted octanol–water partition coefficient (Wildman–Crippen LogP) is 4.45. The molecule has 1 unspecified atom stereocenters. The van der Waals surface area contributed by atoms with Gasteiger partial charge >= 0.3 is 0 Å². The maximum atomic E-state index is 12.5. The standard InChI is InChI=1S/C24H33N3O2/c1-18(29-21-10-8-9-20(15-21)24(2,3)4)23(28)26-17-19-11-12-22(25-16-19)27-13-6-5-7-14-27/h8-12,15-16,18H,5-7,13-14,17H2,1-4H3,(H,26,28).